The molecular formula is C13H19N3. The number of rotatable bonds is 2. The van der Waals surface area contributed by atoms with E-state index in [0.717, 1.165) is 11.4 Å². The second-order valence-corrected chi connectivity index (χ2v) is 4.72. The standard InChI is InChI=1S/C13H19N3/c1-13(2,3)11(14)9-12(15)16-10-7-5-4-6-8-10/h4-9H,14H2,1-3H3,(H2,15,16). The van der Waals surface area contributed by atoms with Gasteiger partial charge >= 0.3 is 0 Å². The molecule has 3 nitrogen and oxygen atoms in total. The fraction of sp³-hybridized carbons (Fsp3) is 0.308. The van der Waals surface area contributed by atoms with E-state index in [1.807, 2.05) is 51.1 Å². The van der Waals surface area contributed by atoms with Crippen molar-refractivity contribution in [1.29, 1.82) is 0 Å². The van der Waals surface area contributed by atoms with Gasteiger partial charge in [0.1, 0.15) is 5.84 Å². The highest BCUT2D eigenvalue weighted by Gasteiger charge is 2.13. The van der Waals surface area contributed by atoms with Crippen LogP contribution in [-0.4, -0.2) is 5.84 Å². The van der Waals surface area contributed by atoms with Crippen molar-refractivity contribution in [1.82, 2.24) is 0 Å². The summed E-state index contributed by atoms with van der Waals surface area (Å²) in [7, 11) is 0. The Morgan fingerprint density at radius 1 is 1.12 bits per heavy atom. The van der Waals surface area contributed by atoms with E-state index in [1.54, 1.807) is 6.08 Å². The fourth-order valence-electron chi connectivity index (χ4n) is 1.06. The van der Waals surface area contributed by atoms with Gasteiger partial charge in [-0.2, -0.15) is 0 Å². The number of amidine groups is 1. The molecule has 0 heterocycles. The van der Waals surface area contributed by atoms with Crippen LogP contribution >= 0.6 is 0 Å². The van der Waals surface area contributed by atoms with E-state index in [4.69, 9.17) is 11.5 Å². The summed E-state index contributed by atoms with van der Waals surface area (Å²) in [6.45, 7) is 6.11. The molecule has 3 heteroatoms. The molecule has 0 spiro atoms. The predicted molar refractivity (Wildman–Crippen MR) is 69.4 cm³/mol. The summed E-state index contributed by atoms with van der Waals surface area (Å²) in [5.41, 5.74) is 13.2. The average molecular weight is 217 g/mol. The molecule has 1 aromatic carbocycles. The van der Waals surface area contributed by atoms with Gasteiger partial charge in [-0.3, -0.25) is 0 Å². The summed E-state index contributed by atoms with van der Waals surface area (Å²) in [5.74, 6) is 0.429. The Hall–Kier alpha value is -1.77. The number of para-hydroxylation sites is 1. The molecule has 0 fully saturated rings. The van der Waals surface area contributed by atoms with Crippen LogP contribution < -0.4 is 11.5 Å². The highest BCUT2D eigenvalue weighted by atomic mass is 14.9. The van der Waals surface area contributed by atoms with Crippen molar-refractivity contribution < 1.29 is 0 Å². The summed E-state index contributed by atoms with van der Waals surface area (Å²) >= 11 is 0. The molecule has 0 saturated carbocycles. The van der Waals surface area contributed by atoms with Crippen molar-refractivity contribution in [2.45, 2.75) is 20.8 Å². The van der Waals surface area contributed by atoms with Gasteiger partial charge in [0.05, 0.1) is 5.69 Å². The Morgan fingerprint density at radius 2 is 1.69 bits per heavy atom. The maximum atomic E-state index is 5.91. The Balaban J connectivity index is 2.88. The first-order valence-electron chi connectivity index (χ1n) is 5.26. The molecule has 0 unspecified atom stereocenters. The SMILES string of the molecule is CC(C)(C)C(N)=CC(N)=Nc1ccccc1. The lowest BCUT2D eigenvalue weighted by atomic mass is 9.92. The monoisotopic (exact) mass is 217 g/mol. The second-order valence-electron chi connectivity index (χ2n) is 4.72. The minimum Gasteiger partial charge on any atom is -0.401 e. The average Bonchev–Trinajstić information content (AvgIpc) is 2.17. The van der Waals surface area contributed by atoms with Gasteiger partial charge in [0.2, 0.25) is 0 Å². The maximum Gasteiger partial charge on any atom is 0.125 e. The Bertz CT molecular complexity index is 397. The van der Waals surface area contributed by atoms with Crippen LogP contribution in [0.15, 0.2) is 47.1 Å². The first-order chi connectivity index (χ1) is 7.39. The molecule has 16 heavy (non-hydrogen) atoms. The number of nitrogens with zero attached hydrogens (tertiary/aromatic N) is 1. The Morgan fingerprint density at radius 3 is 2.19 bits per heavy atom. The van der Waals surface area contributed by atoms with Crippen LogP contribution in [0.4, 0.5) is 5.69 Å². The summed E-state index contributed by atoms with van der Waals surface area (Å²) in [6, 6.07) is 9.57. The number of allylic oxidation sites excluding steroid dienone is 1. The predicted octanol–water partition coefficient (Wildman–Crippen LogP) is 2.56. The van der Waals surface area contributed by atoms with Crippen LogP contribution in [0, 0.1) is 5.41 Å². The number of aliphatic imine (C=N–C) groups is 1. The zero-order valence-corrected chi connectivity index (χ0v) is 10.1. The first kappa shape index (κ1) is 12.3. The van der Waals surface area contributed by atoms with Crippen LogP contribution in [0.2, 0.25) is 0 Å². The third-order valence-electron chi connectivity index (χ3n) is 2.18. The first-order valence-corrected chi connectivity index (χ1v) is 5.26. The van der Waals surface area contributed by atoms with Gasteiger partial charge in [0.25, 0.3) is 0 Å². The van der Waals surface area contributed by atoms with Crippen molar-refractivity contribution in [3.05, 3.63) is 42.1 Å². The molecule has 0 radical (unpaired) electrons. The third kappa shape index (κ3) is 3.77. The van der Waals surface area contributed by atoms with Crippen LogP contribution in [0.1, 0.15) is 20.8 Å². The zero-order chi connectivity index (χ0) is 12.2. The lowest BCUT2D eigenvalue weighted by Gasteiger charge is -2.18. The summed E-state index contributed by atoms with van der Waals surface area (Å²) in [6.07, 6.45) is 1.72. The van der Waals surface area contributed by atoms with Gasteiger partial charge in [-0.25, -0.2) is 4.99 Å². The number of benzene rings is 1. The molecule has 0 aliphatic carbocycles. The van der Waals surface area contributed by atoms with E-state index in [2.05, 4.69) is 4.99 Å². The van der Waals surface area contributed by atoms with Gasteiger partial charge in [-0.15, -0.1) is 0 Å². The molecule has 0 aliphatic heterocycles. The third-order valence-corrected chi connectivity index (χ3v) is 2.18. The van der Waals surface area contributed by atoms with E-state index in [9.17, 15) is 0 Å². The maximum absolute atomic E-state index is 5.91. The molecule has 1 aromatic rings. The minimum atomic E-state index is -0.0865. The zero-order valence-electron chi connectivity index (χ0n) is 10.1. The molecule has 0 saturated heterocycles. The molecule has 0 amide bonds. The quantitative estimate of drug-likeness (QED) is 0.590. The van der Waals surface area contributed by atoms with Crippen LogP contribution in [-0.2, 0) is 0 Å². The summed E-state index contributed by atoms with van der Waals surface area (Å²) in [4.78, 5) is 4.25. The molecule has 0 atom stereocenters. The van der Waals surface area contributed by atoms with Gasteiger partial charge in [-0.1, -0.05) is 39.0 Å². The molecule has 86 valence electrons. The Labute approximate surface area is 96.9 Å². The van der Waals surface area contributed by atoms with Crippen LogP contribution in [0.3, 0.4) is 0 Å². The summed E-state index contributed by atoms with van der Waals surface area (Å²) < 4.78 is 0. The highest BCUT2D eigenvalue weighted by molar-refractivity contribution is 5.93. The molecule has 1 rings (SSSR count). The minimum absolute atomic E-state index is 0.0865. The number of hydrogen-bond acceptors (Lipinski definition) is 2. The van der Waals surface area contributed by atoms with Crippen LogP contribution in [0.5, 0.6) is 0 Å². The van der Waals surface area contributed by atoms with E-state index < -0.39 is 0 Å². The van der Waals surface area contributed by atoms with E-state index >= 15 is 0 Å². The number of nitrogens with two attached hydrogens (primary N) is 2. The molecule has 0 aliphatic rings. The smallest absolute Gasteiger partial charge is 0.125 e. The van der Waals surface area contributed by atoms with Gasteiger partial charge in [0, 0.05) is 11.1 Å². The van der Waals surface area contributed by atoms with E-state index in [0.29, 0.717) is 5.84 Å². The van der Waals surface area contributed by atoms with Gasteiger partial charge < -0.3 is 11.5 Å². The second kappa shape index (κ2) is 4.84. The molecule has 0 bridgehead atoms. The normalized spacial score (nSPS) is 13.9. The summed E-state index contributed by atoms with van der Waals surface area (Å²) in [5, 5.41) is 0. The van der Waals surface area contributed by atoms with Crippen molar-refractivity contribution in [3.8, 4) is 0 Å². The number of hydrogen-bond donors (Lipinski definition) is 2. The lowest BCUT2D eigenvalue weighted by molar-refractivity contribution is 0.498. The molecule has 0 aromatic heterocycles. The van der Waals surface area contributed by atoms with Gasteiger partial charge in [-0.05, 0) is 18.2 Å². The largest absolute Gasteiger partial charge is 0.401 e. The molecule has 4 N–H and O–H groups in total. The highest BCUT2D eigenvalue weighted by Crippen LogP contribution is 2.20. The van der Waals surface area contributed by atoms with Gasteiger partial charge in [0.15, 0.2) is 0 Å². The topological polar surface area (TPSA) is 64.4 Å². The van der Waals surface area contributed by atoms with Crippen molar-refractivity contribution in [3.63, 3.8) is 0 Å². The Kier molecular flexibility index (Phi) is 3.72. The fourth-order valence-corrected chi connectivity index (χ4v) is 1.06. The van der Waals surface area contributed by atoms with Crippen molar-refractivity contribution in [2.24, 2.45) is 21.9 Å². The van der Waals surface area contributed by atoms with Crippen LogP contribution in [0.25, 0.3) is 0 Å². The van der Waals surface area contributed by atoms with Crippen molar-refractivity contribution in [2.75, 3.05) is 0 Å². The van der Waals surface area contributed by atoms with E-state index in [-0.39, 0.29) is 5.41 Å². The lowest BCUT2D eigenvalue weighted by Crippen LogP contribution is -2.20. The molecular weight excluding hydrogens is 198 g/mol. The van der Waals surface area contributed by atoms with Crippen molar-refractivity contribution >= 4 is 11.5 Å². The van der Waals surface area contributed by atoms with E-state index in [1.165, 1.54) is 0 Å².